The van der Waals surface area contributed by atoms with Gasteiger partial charge >= 0.3 is 0 Å². The molecule has 3 aromatic rings. The fraction of sp³-hybridized carbons (Fsp3) is 0.435. The first-order valence-corrected chi connectivity index (χ1v) is 10.3. The number of fused-ring (bicyclic) bond motifs is 2. The normalized spacial score (nSPS) is 11.4. The number of nitrogens with two attached hydrogens (primary N) is 1. The van der Waals surface area contributed by atoms with Crippen LogP contribution in [0.1, 0.15) is 13.8 Å². The molecule has 0 radical (unpaired) electrons. The van der Waals surface area contributed by atoms with Gasteiger partial charge in [0.25, 0.3) is 0 Å². The van der Waals surface area contributed by atoms with Gasteiger partial charge < -0.3 is 29.6 Å². The number of hydrogen-bond acceptors (Lipinski definition) is 6. The van der Waals surface area contributed by atoms with Crippen LogP contribution in [0.4, 0.5) is 11.4 Å². The van der Waals surface area contributed by atoms with Crippen molar-refractivity contribution in [2.24, 2.45) is 0 Å². The van der Waals surface area contributed by atoms with Gasteiger partial charge in [-0.05, 0) is 25.2 Å². The topological polar surface area (TPSA) is 73.0 Å². The summed E-state index contributed by atoms with van der Waals surface area (Å²) >= 11 is 0. The molecule has 30 heavy (non-hydrogen) atoms. The maximum Gasteiger partial charge on any atom is 0.201 e. The molecule has 0 amide bonds. The lowest BCUT2D eigenvalue weighted by molar-refractivity contribution is 0.293. The lowest BCUT2D eigenvalue weighted by atomic mass is 10.1. The Labute approximate surface area is 177 Å². The average molecular weight is 413 g/mol. The summed E-state index contributed by atoms with van der Waals surface area (Å²) in [6.45, 7) is 7.83. The van der Waals surface area contributed by atoms with Crippen molar-refractivity contribution in [3.63, 3.8) is 0 Å². The Morgan fingerprint density at radius 2 is 1.70 bits per heavy atom. The summed E-state index contributed by atoms with van der Waals surface area (Å²) < 4.78 is 13.2. The summed E-state index contributed by atoms with van der Waals surface area (Å²) in [5.74, 6) is 1.15. The molecule has 0 aliphatic carbocycles. The first-order chi connectivity index (χ1) is 14.4. The van der Waals surface area contributed by atoms with Crippen LogP contribution in [-0.2, 0) is 6.54 Å². The number of aromatic nitrogens is 1. The highest BCUT2D eigenvalue weighted by atomic mass is 16.5. The molecule has 0 saturated carbocycles. The molecule has 1 aromatic heterocycles. The number of rotatable bonds is 8. The molecule has 0 aliphatic rings. The second-order valence-electron chi connectivity index (χ2n) is 7.55. The molecule has 2 aromatic carbocycles. The molecule has 7 nitrogen and oxygen atoms in total. The summed E-state index contributed by atoms with van der Waals surface area (Å²) in [4.78, 5) is 17.8. The van der Waals surface area contributed by atoms with E-state index in [4.69, 9.17) is 15.2 Å². The van der Waals surface area contributed by atoms with E-state index in [9.17, 15) is 4.79 Å². The second-order valence-corrected chi connectivity index (χ2v) is 7.55. The van der Waals surface area contributed by atoms with Crippen LogP contribution in [0.15, 0.2) is 29.1 Å². The van der Waals surface area contributed by atoms with Gasteiger partial charge in [-0.3, -0.25) is 4.79 Å². The van der Waals surface area contributed by atoms with E-state index in [1.807, 2.05) is 31.1 Å². The third kappa shape index (κ3) is 3.77. The van der Waals surface area contributed by atoms with E-state index in [0.29, 0.717) is 28.0 Å². The number of pyridine rings is 1. The van der Waals surface area contributed by atoms with Crippen LogP contribution < -0.4 is 25.5 Å². The van der Waals surface area contributed by atoms with Crippen LogP contribution in [0.2, 0.25) is 0 Å². The van der Waals surface area contributed by atoms with Gasteiger partial charge in [-0.2, -0.15) is 0 Å². The minimum atomic E-state index is -0.0874. The molecule has 162 valence electrons. The third-order valence-corrected chi connectivity index (χ3v) is 5.72. The number of nitrogens with zero attached hydrogens (tertiary/aromatic N) is 3. The van der Waals surface area contributed by atoms with Crippen LogP contribution in [0.5, 0.6) is 11.5 Å². The minimum Gasteiger partial charge on any atom is -0.497 e. The summed E-state index contributed by atoms with van der Waals surface area (Å²) in [6.07, 6.45) is 0. The van der Waals surface area contributed by atoms with E-state index >= 15 is 0 Å². The Morgan fingerprint density at radius 3 is 2.27 bits per heavy atom. The number of benzene rings is 2. The largest absolute Gasteiger partial charge is 0.497 e. The van der Waals surface area contributed by atoms with Gasteiger partial charge in [0.2, 0.25) is 5.43 Å². The van der Waals surface area contributed by atoms with E-state index in [-0.39, 0.29) is 5.43 Å². The predicted molar refractivity (Wildman–Crippen MR) is 125 cm³/mol. The molecule has 1 heterocycles. The molecule has 0 aliphatic heterocycles. The van der Waals surface area contributed by atoms with Gasteiger partial charge in [0.15, 0.2) is 0 Å². The van der Waals surface area contributed by atoms with Crippen molar-refractivity contribution in [1.82, 2.24) is 9.47 Å². The van der Waals surface area contributed by atoms with E-state index < -0.39 is 0 Å². The van der Waals surface area contributed by atoms with Gasteiger partial charge in [0.05, 0.1) is 42.0 Å². The summed E-state index contributed by atoms with van der Waals surface area (Å²) in [6, 6.07) is 7.44. The molecule has 0 unspecified atom stereocenters. The van der Waals surface area contributed by atoms with E-state index in [1.54, 1.807) is 26.4 Å². The first kappa shape index (κ1) is 21.8. The standard InChI is InChI=1S/C23H32N4O3/c1-7-26(8-2)9-10-27-18-14-19(25(3)4)17(24)13-16(18)23(28)22-20(27)11-15(29-5)12-21(22)30-6/h11-14H,7-10,24H2,1-6H3. The highest BCUT2D eigenvalue weighted by molar-refractivity contribution is 6.00. The van der Waals surface area contributed by atoms with Crippen molar-refractivity contribution in [1.29, 1.82) is 0 Å². The molecule has 0 bridgehead atoms. The molecule has 0 saturated heterocycles. The fourth-order valence-corrected chi connectivity index (χ4v) is 3.97. The minimum absolute atomic E-state index is 0.0874. The Kier molecular flexibility index (Phi) is 6.41. The van der Waals surface area contributed by atoms with Crippen molar-refractivity contribution >= 4 is 33.2 Å². The molecule has 3 rings (SSSR count). The molecule has 0 atom stereocenters. The summed E-state index contributed by atoms with van der Waals surface area (Å²) in [5.41, 5.74) is 9.30. The predicted octanol–water partition coefficient (Wildman–Crippen LogP) is 3.16. The molecular weight excluding hydrogens is 380 g/mol. The number of anilines is 2. The number of methoxy groups -OCH3 is 2. The highest BCUT2D eigenvalue weighted by Crippen LogP contribution is 2.34. The SMILES string of the molecule is CCN(CC)CCn1c2cc(N(C)C)c(N)cc2c(=O)c2c(OC)cc(OC)cc21. The lowest BCUT2D eigenvalue weighted by Gasteiger charge is -2.23. The van der Waals surface area contributed by atoms with E-state index in [0.717, 1.165) is 42.9 Å². The number of hydrogen-bond donors (Lipinski definition) is 1. The molecule has 7 heteroatoms. The van der Waals surface area contributed by atoms with Crippen molar-refractivity contribution in [2.45, 2.75) is 20.4 Å². The summed E-state index contributed by atoms with van der Waals surface area (Å²) in [7, 11) is 7.08. The molecular formula is C23H32N4O3. The molecule has 2 N–H and O–H groups in total. The quantitative estimate of drug-likeness (QED) is 0.453. The Balaban J connectivity index is 2.43. The van der Waals surface area contributed by atoms with Crippen LogP contribution in [0, 0.1) is 0 Å². The monoisotopic (exact) mass is 412 g/mol. The zero-order valence-electron chi connectivity index (χ0n) is 18.8. The van der Waals surface area contributed by atoms with Gasteiger partial charge in [-0.25, -0.2) is 0 Å². The Hall–Kier alpha value is -2.93. The van der Waals surface area contributed by atoms with Gasteiger partial charge in [-0.1, -0.05) is 13.8 Å². The van der Waals surface area contributed by atoms with Crippen LogP contribution in [-0.4, -0.2) is 57.4 Å². The zero-order chi connectivity index (χ0) is 22.0. The summed E-state index contributed by atoms with van der Waals surface area (Å²) in [5, 5.41) is 1.14. The van der Waals surface area contributed by atoms with Gasteiger partial charge in [-0.15, -0.1) is 0 Å². The molecule has 0 spiro atoms. The average Bonchev–Trinajstić information content (AvgIpc) is 2.74. The fourth-order valence-electron chi connectivity index (χ4n) is 3.97. The highest BCUT2D eigenvalue weighted by Gasteiger charge is 2.19. The van der Waals surface area contributed by atoms with Crippen LogP contribution in [0.25, 0.3) is 21.8 Å². The maximum absolute atomic E-state index is 13.5. The van der Waals surface area contributed by atoms with E-state index in [1.165, 1.54) is 0 Å². The third-order valence-electron chi connectivity index (χ3n) is 5.72. The van der Waals surface area contributed by atoms with Gasteiger partial charge in [0.1, 0.15) is 11.5 Å². The number of likely N-dealkylation sites (N-methyl/N-ethyl adjacent to an activating group) is 1. The van der Waals surface area contributed by atoms with Crippen LogP contribution in [0.3, 0.4) is 0 Å². The second kappa shape index (κ2) is 8.83. The first-order valence-electron chi connectivity index (χ1n) is 10.3. The molecule has 0 fully saturated rings. The Morgan fingerprint density at radius 1 is 1.00 bits per heavy atom. The van der Waals surface area contributed by atoms with Crippen molar-refractivity contribution in [3.05, 3.63) is 34.5 Å². The van der Waals surface area contributed by atoms with Crippen LogP contribution >= 0.6 is 0 Å². The van der Waals surface area contributed by atoms with Crippen molar-refractivity contribution < 1.29 is 9.47 Å². The zero-order valence-corrected chi connectivity index (χ0v) is 18.8. The van der Waals surface area contributed by atoms with E-state index in [2.05, 4.69) is 23.3 Å². The smallest absolute Gasteiger partial charge is 0.201 e. The maximum atomic E-state index is 13.5. The van der Waals surface area contributed by atoms with Crippen molar-refractivity contribution in [3.8, 4) is 11.5 Å². The van der Waals surface area contributed by atoms with Crippen molar-refractivity contribution in [2.75, 3.05) is 58.6 Å². The van der Waals surface area contributed by atoms with Gasteiger partial charge in [0, 0.05) is 44.7 Å². The number of nitrogen functional groups attached to an aromatic ring is 1. The number of ether oxygens (including phenoxy) is 2. The lowest BCUT2D eigenvalue weighted by Crippen LogP contribution is -2.28. The Bertz CT molecular complexity index is 1120.